The van der Waals surface area contributed by atoms with E-state index in [1.165, 1.54) is 12.1 Å². The normalized spacial score (nSPS) is 18.5. The van der Waals surface area contributed by atoms with Gasteiger partial charge in [0.1, 0.15) is 11.6 Å². The number of halogens is 2. The van der Waals surface area contributed by atoms with Crippen molar-refractivity contribution in [2.75, 3.05) is 20.1 Å². The molecule has 1 aromatic rings. The van der Waals surface area contributed by atoms with Gasteiger partial charge in [-0.25, -0.2) is 8.78 Å². The monoisotopic (exact) mass is 282 g/mol. The van der Waals surface area contributed by atoms with Crippen LogP contribution in [0.2, 0.25) is 0 Å². The van der Waals surface area contributed by atoms with Crippen molar-refractivity contribution in [2.45, 2.75) is 45.2 Å². The van der Waals surface area contributed by atoms with Crippen molar-refractivity contribution < 1.29 is 8.78 Å². The van der Waals surface area contributed by atoms with Gasteiger partial charge in [-0.15, -0.1) is 0 Å². The minimum absolute atomic E-state index is 0.157. The van der Waals surface area contributed by atoms with E-state index in [1.54, 1.807) is 14.0 Å². The van der Waals surface area contributed by atoms with Crippen LogP contribution in [0, 0.1) is 18.6 Å². The lowest BCUT2D eigenvalue weighted by Crippen LogP contribution is -2.51. The van der Waals surface area contributed by atoms with Gasteiger partial charge in [-0.1, -0.05) is 6.07 Å². The predicted molar refractivity (Wildman–Crippen MR) is 77.8 cm³/mol. The van der Waals surface area contributed by atoms with E-state index in [-0.39, 0.29) is 17.1 Å². The molecule has 0 aliphatic carbocycles. The summed E-state index contributed by atoms with van der Waals surface area (Å²) in [4.78, 5) is 2.31. The number of likely N-dealkylation sites (tertiary alicyclic amines) is 1. The van der Waals surface area contributed by atoms with E-state index >= 15 is 0 Å². The molecule has 0 amide bonds. The molecular formula is C16H24F2N2. The third-order valence-electron chi connectivity index (χ3n) is 4.52. The van der Waals surface area contributed by atoms with Gasteiger partial charge in [-0.05, 0) is 65.4 Å². The number of hydrogen-bond acceptors (Lipinski definition) is 2. The van der Waals surface area contributed by atoms with E-state index in [4.69, 9.17) is 0 Å². The van der Waals surface area contributed by atoms with Gasteiger partial charge in [0, 0.05) is 11.1 Å². The maximum absolute atomic E-state index is 14.4. The summed E-state index contributed by atoms with van der Waals surface area (Å²) in [5, 5.41) is 3.12. The van der Waals surface area contributed by atoms with E-state index in [0.717, 1.165) is 25.9 Å². The molecule has 0 radical (unpaired) electrons. The predicted octanol–water partition coefficient (Wildman–Crippen LogP) is 3.41. The van der Waals surface area contributed by atoms with Crippen LogP contribution in [-0.4, -0.2) is 30.6 Å². The summed E-state index contributed by atoms with van der Waals surface area (Å²) in [5.74, 6) is -0.906. The smallest absolute Gasteiger partial charge is 0.133 e. The zero-order chi connectivity index (χ0) is 14.9. The van der Waals surface area contributed by atoms with Crippen molar-refractivity contribution in [2.24, 2.45) is 0 Å². The Labute approximate surface area is 120 Å². The van der Waals surface area contributed by atoms with E-state index in [1.807, 2.05) is 0 Å². The Bertz CT molecular complexity index is 480. The van der Waals surface area contributed by atoms with Gasteiger partial charge in [-0.2, -0.15) is 0 Å². The van der Waals surface area contributed by atoms with E-state index < -0.39 is 11.6 Å². The first-order chi connectivity index (χ1) is 9.39. The second-order valence-electron chi connectivity index (χ2n) is 6.16. The zero-order valence-corrected chi connectivity index (χ0v) is 12.8. The molecule has 1 fully saturated rings. The lowest BCUT2D eigenvalue weighted by molar-refractivity contribution is 0.107. The Kier molecular flexibility index (Phi) is 4.45. The first-order valence-electron chi connectivity index (χ1n) is 7.26. The molecule has 1 aliphatic heterocycles. The number of benzene rings is 1. The third kappa shape index (κ3) is 2.59. The van der Waals surface area contributed by atoms with Crippen LogP contribution >= 0.6 is 0 Å². The highest BCUT2D eigenvalue weighted by Gasteiger charge is 2.39. The zero-order valence-electron chi connectivity index (χ0n) is 12.8. The fourth-order valence-electron chi connectivity index (χ4n) is 3.27. The van der Waals surface area contributed by atoms with Crippen molar-refractivity contribution in [1.29, 1.82) is 0 Å². The van der Waals surface area contributed by atoms with Gasteiger partial charge in [0.25, 0.3) is 0 Å². The van der Waals surface area contributed by atoms with E-state index in [0.29, 0.717) is 5.56 Å². The quantitative estimate of drug-likeness (QED) is 0.910. The average molecular weight is 282 g/mol. The number of rotatable bonds is 4. The van der Waals surface area contributed by atoms with Gasteiger partial charge >= 0.3 is 0 Å². The van der Waals surface area contributed by atoms with Crippen LogP contribution in [0.25, 0.3) is 0 Å². The lowest BCUT2D eigenvalue weighted by atomic mass is 9.86. The summed E-state index contributed by atoms with van der Waals surface area (Å²) in [6, 6.07) is 2.47. The minimum atomic E-state index is -0.472. The molecule has 2 rings (SSSR count). The number of nitrogens with one attached hydrogen (secondary N) is 1. The highest BCUT2D eigenvalue weighted by molar-refractivity contribution is 5.31. The molecular weight excluding hydrogens is 258 g/mol. The Balaban J connectivity index is 2.44. The standard InChI is InChI=1S/C16H24F2N2/c1-11-7-8-12(17)13(14(11)18)15(19-4)16(2,3)20-9-5-6-10-20/h7-8,15,19H,5-6,9-10H2,1-4H3. The van der Waals surface area contributed by atoms with E-state index in [9.17, 15) is 8.78 Å². The Morgan fingerprint density at radius 2 is 1.80 bits per heavy atom. The van der Waals surface area contributed by atoms with Gasteiger partial charge in [0.15, 0.2) is 0 Å². The summed E-state index contributed by atoms with van der Waals surface area (Å²) in [6.07, 6.45) is 2.30. The molecule has 0 aromatic heterocycles. The number of nitrogens with zero attached hydrogens (tertiary/aromatic N) is 1. The first kappa shape index (κ1) is 15.4. The van der Waals surface area contributed by atoms with Crippen molar-refractivity contribution in [1.82, 2.24) is 10.2 Å². The number of likely N-dealkylation sites (N-methyl/N-ethyl adjacent to an activating group) is 1. The molecule has 0 saturated carbocycles. The van der Waals surface area contributed by atoms with Crippen LogP contribution < -0.4 is 5.32 Å². The maximum atomic E-state index is 14.4. The number of hydrogen-bond donors (Lipinski definition) is 1. The van der Waals surface area contributed by atoms with Gasteiger partial charge in [0.2, 0.25) is 0 Å². The fourth-order valence-corrected chi connectivity index (χ4v) is 3.27. The second kappa shape index (κ2) is 5.78. The molecule has 112 valence electrons. The molecule has 1 aromatic carbocycles. The summed E-state index contributed by atoms with van der Waals surface area (Å²) in [6.45, 7) is 7.76. The molecule has 1 unspecified atom stereocenters. The highest BCUT2D eigenvalue weighted by Crippen LogP contribution is 2.36. The van der Waals surface area contributed by atoms with Crippen LogP contribution in [0.3, 0.4) is 0 Å². The van der Waals surface area contributed by atoms with Crippen LogP contribution in [0.1, 0.15) is 43.9 Å². The van der Waals surface area contributed by atoms with Crippen molar-refractivity contribution in [3.8, 4) is 0 Å². The van der Waals surface area contributed by atoms with E-state index in [2.05, 4.69) is 24.1 Å². The van der Waals surface area contributed by atoms with Gasteiger partial charge < -0.3 is 5.32 Å². The molecule has 2 nitrogen and oxygen atoms in total. The SMILES string of the molecule is CNC(c1c(F)ccc(C)c1F)C(C)(C)N1CCCC1. The molecule has 4 heteroatoms. The lowest BCUT2D eigenvalue weighted by Gasteiger charge is -2.42. The molecule has 0 bridgehead atoms. The molecule has 0 spiro atoms. The van der Waals surface area contributed by atoms with Gasteiger partial charge in [0.05, 0.1) is 6.04 Å². The molecule has 1 aliphatic rings. The Hall–Kier alpha value is -1.00. The molecule has 1 N–H and O–H groups in total. The second-order valence-corrected chi connectivity index (χ2v) is 6.16. The van der Waals surface area contributed by atoms with Crippen LogP contribution in [0.5, 0.6) is 0 Å². The molecule has 1 saturated heterocycles. The molecule has 1 heterocycles. The fraction of sp³-hybridized carbons (Fsp3) is 0.625. The largest absolute Gasteiger partial charge is 0.311 e. The van der Waals surface area contributed by atoms with Crippen molar-refractivity contribution in [3.05, 3.63) is 34.9 Å². The van der Waals surface area contributed by atoms with Crippen LogP contribution in [0.4, 0.5) is 8.78 Å². The summed E-state index contributed by atoms with van der Waals surface area (Å²) >= 11 is 0. The van der Waals surface area contributed by atoms with Crippen molar-refractivity contribution in [3.63, 3.8) is 0 Å². The van der Waals surface area contributed by atoms with Crippen LogP contribution in [0.15, 0.2) is 12.1 Å². The summed E-state index contributed by atoms with van der Waals surface area (Å²) in [7, 11) is 1.77. The average Bonchev–Trinajstić information content (AvgIpc) is 2.93. The molecule has 20 heavy (non-hydrogen) atoms. The Morgan fingerprint density at radius 1 is 1.20 bits per heavy atom. The first-order valence-corrected chi connectivity index (χ1v) is 7.26. The topological polar surface area (TPSA) is 15.3 Å². The molecule has 1 atom stereocenters. The minimum Gasteiger partial charge on any atom is -0.311 e. The van der Waals surface area contributed by atoms with Crippen molar-refractivity contribution >= 4 is 0 Å². The summed E-state index contributed by atoms with van der Waals surface area (Å²) < 4.78 is 28.6. The van der Waals surface area contributed by atoms with Gasteiger partial charge in [-0.3, -0.25) is 4.90 Å². The number of aryl methyl sites for hydroxylation is 1. The van der Waals surface area contributed by atoms with Crippen LogP contribution in [-0.2, 0) is 0 Å². The third-order valence-corrected chi connectivity index (χ3v) is 4.52. The summed E-state index contributed by atoms with van der Waals surface area (Å²) in [5.41, 5.74) is 0.309. The highest BCUT2D eigenvalue weighted by atomic mass is 19.1. The maximum Gasteiger partial charge on any atom is 0.133 e. The Morgan fingerprint density at radius 3 is 2.35 bits per heavy atom.